The summed E-state index contributed by atoms with van der Waals surface area (Å²) in [6, 6.07) is 0. The van der Waals surface area contributed by atoms with E-state index in [4.69, 9.17) is 9.47 Å². The highest BCUT2D eigenvalue weighted by atomic mass is 16.5. The maximum absolute atomic E-state index is 5.39. The van der Waals surface area contributed by atoms with Crippen molar-refractivity contribution < 1.29 is 9.47 Å². The standard InChI is InChI=1S/C11H26N2O2/c1-11(2)10-15-9-8-14-7-6-13-5-4-12-3/h11-13H,4-10H2,1-3H3. The van der Waals surface area contributed by atoms with E-state index in [1.165, 1.54) is 0 Å². The lowest BCUT2D eigenvalue weighted by atomic mass is 10.2. The lowest BCUT2D eigenvalue weighted by Gasteiger charge is -2.08. The van der Waals surface area contributed by atoms with Crippen LogP contribution in [-0.2, 0) is 9.47 Å². The summed E-state index contributed by atoms with van der Waals surface area (Å²) in [5.74, 6) is 0.605. The zero-order valence-electron chi connectivity index (χ0n) is 10.3. The summed E-state index contributed by atoms with van der Waals surface area (Å²) in [5.41, 5.74) is 0. The van der Waals surface area contributed by atoms with Crippen molar-refractivity contribution in [3.63, 3.8) is 0 Å². The van der Waals surface area contributed by atoms with Crippen LogP contribution in [0.3, 0.4) is 0 Å². The number of hydrogen-bond donors (Lipinski definition) is 2. The molecule has 0 radical (unpaired) electrons. The summed E-state index contributed by atoms with van der Waals surface area (Å²) in [7, 11) is 1.95. The molecule has 0 aromatic heterocycles. The van der Waals surface area contributed by atoms with E-state index in [1.54, 1.807) is 0 Å². The van der Waals surface area contributed by atoms with Crippen LogP contribution in [0.2, 0.25) is 0 Å². The zero-order chi connectivity index (χ0) is 11.4. The molecule has 0 amide bonds. The fourth-order valence-electron chi connectivity index (χ4n) is 1.02. The quantitative estimate of drug-likeness (QED) is 0.495. The van der Waals surface area contributed by atoms with Gasteiger partial charge in [-0.15, -0.1) is 0 Å². The highest BCUT2D eigenvalue weighted by molar-refractivity contribution is 4.47. The van der Waals surface area contributed by atoms with Crippen molar-refractivity contribution in [1.82, 2.24) is 10.6 Å². The predicted molar refractivity (Wildman–Crippen MR) is 63.3 cm³/mol. The maximum Gasteiger partial charge on any atom is 0.0701 e. The molecular formula is C11H26N2O2. The van der Waals surface area contributed by atoms with Crippen LogP contribution in [0.25, 0.3) is 0 Å². The molecule has 0 aliphatic heterocycles. The zero-order valence-corrected chi connectivity index (χ0v) is 10.3. The van der Waals surface area contributed by atoms with E-state index in [0.29, 0.717) is 19.1 Å². The van der Waals surface area contributed by atoms with E-state index >= 15 is 0 Å². The van der Waals surface area contributed by atoms with Crippen molar-refractivity contribution in [2.75, 3.05) is 53.1 Å². The molecule has 15 heavy (non-hydrogen) atoms. The molecule has 4 heteroatoms. The molecule has 4 nitrogen and oxygen atoms in total. The first-order valence-corrected chi connectivity index (χ1v) is 5.78. The average Bonchev–Trinajstić information content (AvgIpc) is 2.20. The van der Waals surface area contributed by atoms with Gasteiger partial charge in [0, 0.05) is 26.2 Å². The van der Waals surface area contributed by atoms with Crippen LogP contribution in [0.5, 0.6) is 0 Å². The predicted octanol–water partition coefficient (Wildman–Crippen LogP) is 0.485. The maximum atomic E-state index is 5.39. The van der Waals surface area contributed by atoms with Gasteiger partial charge in [-0.2, -0.15) is 0 Å². The van der Waals surface area contributed by atoms with E-state index in [9.17, 15) is 0 Å². The Morgan fingerprint density at radius 3 is 2.33 bits per heavy atom. The number of hydrogen-bond acceptors (Lipinski definition) is 4. The summed E-state index contributed by atoms with van der Waals surface area (Å²) < 4.78 is 10.8. The molecule has 92 valence electrons. The van der Waals surface area contributed by atoms with Crippen molar-refractivity contribution >= 4 is 0 Å². The molecule has 0 rings (SSSR count). The Balaban J connectivity index is 2.87. The molecule has 0 atom stereocenters. The largest absolute Gasteiger partial charge is 0.379 e. The van der Waals surface area contributed by atoms with Gasteiger partial charge in [0.15, 0.2) is 0 Å². The van der Waals surface area contributed by atoms with Crippen molar-refractivity contribution in [3.8, 4) is 0 Å². The molecule has 0 aliphatic carbocycles. The summed E-state index contributed by atoms with van der Waals surface area (Å²) in [6.45, 7) is 10.2. The van der Waals surface area contributed by atoms with Gasteiger partial charge in [0.1, 0.15) is 0 Å². The van der Waals surface area contributed by atoms with Gasteiger partial charge >= 0.3 is 0 Å². The first kappa shape index (κ1) is 14.8. The van der Waals surface area contributed by atoms with Gasteiger partial charge in [-0.3, -0.25) is 0 Å². The monoisotopic (exact) mass is 218 g/mol. The Kier molecular flexibility index (Phi) is 11.8. The van der Waals surface area contributed by atoms with E-state index in [0.717, 1.165) is 32.8 Å². The molecule has 0 aromatic rings. The van der Waals surface area contributed by atoms with E-state index in [-0.39, 0.29) is 0 Å². The van der Waals surface area contributed by atoms with E-state index in [1.807, 2.05) is 7.05 Å². The Hall–Kier alpha value is -0.160. The highest BCUT2D eigenvalue weighted by Gasteiger charge is 1.93. The van der Waals surface area contributed by atoms with Gasteiger partial charge in [0.05, 0.1) is 19.8 Å². The van der Waals surface area contributed by atoms with Crippen molar-refractivity contribution in [1.29, 1.82) is 0 Å². The topological polar surface area (TPSA) is 42.5 Å². The van der Waals surface area contributed by atoms with Crippen LogP contribution in [0, 0.1) is 5.92 Å². The lowest BCUT2D eigenvalue weighted by Crippen LogP contribution is -2.28. The van der Waals surface area contributed by atoms with Gasteiger partial charge in [0.2, 0.25) is 0 Å². The van der Waals surface area contributed by atoms with E-state index in [2.05, 4.69) is 24.5 Å². The summed E-state index contributed by atoms with van der Waals surface area (Å²) in [5, 5.41) is 6.34. The molecule has 0 heterocycles. The first-order chi connectivity index (χ1) is 7.27. The smallest absolute Gasteiger partial charge is 0.0701 e. The first-order valence-electron chi connectivity index (χ1n) is 5.78. The normalized spacial score (nSPS) is 11.2. The average molecular weight is 218 g/mol. The number of likely N-dealkylation sites (N-methyl/N-ethyl adjacent to an activating group) is 1. The van der Waals surface area contributed by atoms with Gasteiger partial charge in [0.25, 0.3) is 0 Å². The van der Waals surface area contributed by atoms with Gasteiger partial charge in [-0.05, 0) is 13.0 Å². The molecule has 0 saturated carbocycles. The van der Waals surface area contributed by atoms with Crippen LogP contribution in [0.1, 0.15) is 13.8 Å². The van der Waals surface area contributed by atoms with Crippen molar-refractivity contribution in [3.05, 3.63) is 0 Å². The third-order valence-electron chi connectivity index (χ3n) is 1.80. The fourth-order valence-corrected chi connectivity index (χ4v) is 1.02. The Labute approximate surface area is 93.7 Å². The molecular weight excluding hydrogens is 192 g/mol. The second kappa shape index (κ2) is 11.9. The molecule has 2 N–H and O–H groups in total. The number of nitrogens with one attached hydrogen (secondary N) is 2. The second-order valence-electron chi connectivity index (χ2n) is 3.93. The van der Waals surface area contributed by atoms with Crippen molar-refractivity contribution in [2.24, 2.45) is 5.92 Å². The molecule has 0 unspecified atom stereocenters. The number of ether oxygens (including phenoxy) is 2. The minimum absolute atomic E-state index is 0.605. The Bertz CT molecular complexity index is 121. The third kappa shape index (κ3) is 13.8. The molecule has 0 saturated heterocycles. The van der Waals surface area contributed by atoms with Gasteiger partial charge in [-0.1, -0.05) is 13.8 Å². The van der Waals surface area contributed by atoms with Crippen molar-refractivity contribution in [2.45, 2.75) is 13.8 Å². The highest BCUT2D eigenvalue weighted by Crippen LogP contribution is 1.91. The Morgan fingerprint density at radius 1 is 0.933 bits per heavy atom. The van der Waals surface area contributed by atoms with Crippen LogP contribution >= 0.6 is 0 Å². The molecule has 0 spiro atoms. The summed E-state index contributed by atoms with van der Waals surface area (Å²) in [4.78, 5) is 0. The van der Waals surface area contributed by atoms with E-state index < -0.39 is 0 Å². The SMILES string of the molecule is CNCCNCCOCCOCC(C)C. The molecule has 0 aromatic carbocycles. The fraction of sp³-hybridized carbons (Fsp3) is 1.00. The lowest BCUT2D eigenvalue weighted by molar-refractivity contribution is 0.0388. The minimum Gasteiger partial charge on any atom is -0.379 e. The molecule has 0 bridgehead atoms. The van der Waals surface area contributed by atoms with Gasteiger partial charge in [-0.25, -0.2) is 0 Å². The second-order valence-corrected chi connectivity index (χ2v) is 3.93. The van der Waals surface area contributed by atoms with Crippen LogP contribution in [0.15, 0.2) is 0 Å². The van der Waals surface area contributed by atoms with Gasteiger partial charge < -0.3 is 20.1 Å². The summed E-state index contributed by atoms with van der Waals surface area (Å²) >= 11 is 0. The number of rotatable bonds is 11. The van der Waals surface area contributed by atoms with Crippen LogP contribution < -0.4 is 10.6 Å². The minimum atomic E-state index is 0.605. The molecule has 0 aliphatic rings. The van der Waals surface area contributed by atoms with Crippen LogP contribution in [0.4, 0.5) is 0 Å². The third-order valence-corrected chi connectivity index (χ3v) is 1.80. The van der Waals surface area contributed by atoms with Crippen LogP contribution in [-0.4, -0.2) is 53.1 Å². The Morgan fingerprint density at radius 2 is 1.67 bits per heavy atom. The summed E-state index contributed by atoms with van der Waals surface area (Å²) in [6.07, 6.45) is 0. The molecule has 0 fully saturated rings.